The lowest BCUT2D eigenvalue weighted by Crippen LogP contribution is -2.57. The summed E-state index contributed by atoms with van der Waals surface area (Å²) in [6.45, 7) is 8.07. The Kier molecular flexibility index (Phi) is 6.84. The predicted octanol–water partition coefficient (Wildman–Crippen LogP) is 3.15. The average Bonchev–Trinajstić information content (AvgIpc) is 2.65. The molecule has 2 saturated heterocycles. The second kappa shape index (κ2) is 8.92. The molecule has 5 heteroatoms. The molecule has 0 spiro atoms. The summed E-state index contributed by atoms with van der Waals surface area (Å²) in [5, 5.41) is 3.31. The van der Waals surface area contributed by atoms with Crippen molar-refractivity contribution in [3.63, 3.8) is 0 Å². The fraction of sp³-hybridized carbons (Fsp3) is 0.952. The molecule has 0 aromatic rings. The van der Waals surface area contributed by atoms with Crippen molar-refractivity contribution in [2.24, 2.45) is 5.92 Å². The van der Waals surface area contributed by atoms with E-state index < -0.39 is 0 Å². The lowest BCUT2D eigenvalue weighted by molar-refractivity contribution is 0.0796. The Morgan fingerprint density at radius 1 is 0.962 bits per heavy atom. The summed E-state index contributed by atoms with van der Waals surface area (Å²) in [4.78, 5) is 19.8. The Hall–Kier alpha value is -0.810. The lowest BCUT2D eigenvalue weighted by Gasteiger charge is -2.43. The Labute approximate surface area is 160 Å². The molecule has 1 N–H and O–H groups in total. The van der Waals surface area contributed by atoms with Crippen molar-refractivity contribution in [3.05, 3.63) is 0 Å². The summed E-state index contributed by atoms with van der Waals surface area (Å²) in [7, 11) is 4.16. The monoisotopic (exact) mass is 364 g/mol. The van der Waals surface area contributed by atoms with Crippen LogP contribution < -0.4 is 5.32 Å². The van der Waals surface area contributed by atoms with Crippen molar-refractivity contribution >= 4 is 6.03 Å². The fourth-order valence-corrected chi connectivity index (χ4v) is 5.18. The molecule has 0 radical (unpaired) electrons. The standard InChI is InChI=1S/C21H40N4O/c1-16-7-9-19(10-8-16)25-14-11-18(12-15-25)24(4)21(26)22-20-6-5-13-23(3)17(20)2/h16-20H,5-15H2,1-4H3,(H,22,26). The molecule has 3 fully saturated rings. The second-order valence-electron chi connectivity index (χ2n) is 9.21. The molecule has 26 heavy (non-hydrogen) atoms. The van der Waals surface area contributed by atoms with Gasteiger partial charge in [0.15, 0.2) is 0 Å². The summed E-state index contributed by atoms with van der Waals surface area (Å²) in [5.74, 6) is 0.917. The van der Waals surface area contributed by atoms with Gasteiger partial charge in [0.2, 0.25) is 0 Å². The fourth-order valence-electron chi connectivity index (χ4n) is 5.18. The van der Waals surface area contributed by atoms with Crippen LogP contribution in [0.5, 0.6) is 0 Å². The minimum Gasteiger partial charge on any atom is -0.334 e. The van der Waals surface area contributed by atoms with Gasteiger partial charge in [-0.3, -0.25) is 0 Å². The van der Waals surface area contributed by atoms with Gasteiger partial charge in [-0.1, -0.05) is 6.92 Å². The average molecular weight is 365 g/mol. The molecule has 3 rings (SSSR count). The number of nitrogens with zero attached hydrogens (tertiary/aromatic N) is 3. The van der Waals surface area contributed by atoms with Gasteiger partial charge in [0.05, 0.1) is 0 Å². The van der Waals surface area contributed by atoms with Gasteiger partial charge in [-0.15, -0.1) is 0 Å². The molecule has 0 aromatic heterocycles. The minimum absolute atomic E-state index is 0.127. The maximum Gasteiger partial charge on any atom is 0.317 e. The summed E-state index contributed by atoms with van der Waals surface area (Å²) in [6.07, 6.45) is 10.0. The number of nitrogens with one attached hydrogen (secondary N) is 1. The van der Waals surface area contributed by atoms with Gasteiger partial charge < -0.3 is 20.0 Å². The number of carbonyl (C=O) groups excluding carboxylic acids is 1. The molecule has 1 aliphatic carbocycles. The van der Waals surface area contributed by atoms with Crippen molar-refractivity contribution in [2.75, 3.05) is 33.7 Å². The number of piperidine rings is 2. The third-order valence-corrected chi connectivity index (χ3v) is 7.48. The number of rotatable bonds is 3. The highest BCUT2D eigenvalue weighted by Crippen LogP contribution is 2.29. The molecular formula is C21H40N4O. The van der Waals surface area contributed by atoms with Crippen LogP contribution in [0.25, 0.3) is 0 Å². The van der Waals surface area contributed by atoms with Crippen LogP contribution in [0, 0.1) is 5.92 Å². The van der Waals surface area contributed by atoms with Gasteiger partial charge in [0.1, 0.15) is 0 Å². The number of hydrogen-bond donors (Lipinski definition) is 1. The molecule has 2 atom stereocenters. The van der Waals surface area contributed by atoms with Gasteiger partial charge in [0.25, 0.3) is 0 Å². The Morgan fingerprint density at radius 3 is 2.27 bits per heavy atom. The molecule has 2 heterocycles. The molecule has 3 aliphatic rings. The van der Waals surface area contributed by atoms with Crippen LogP contribution in [-0.4, -0.2) is 78.6 Å². The summed E-state index contributed by atoms with van der Waals surface area (Å²) in [5.41, 5.74) is 0. The summed E-state index contributed by atoms with van der Waals surface area (Å²) < 4.78 is 0. The molecule has 0 aromatic carbocycles. The first-order valence-electron chi connectivity index (χ1n) is 10.9. The van der Waals surface area contributed by atoms with E-state index in [0.717, 1.165) is 50.9 Å². The second-order valence-corrected chi connectivity index (χ2v) is 9.21. The topological polar surface area (TPSA) is 38.8 Å². The van der Waals surface area contributed by atoms with Gasteiger partial charge >= 0.3 is 6.03 Å². The maximum atomic E-state index is 12.8. The molecule has 150 valence electrons. The lowest BCUT2D eigenvalue weighted by atomic mass is 9.85. The van der Waals surface area contributed by atoms with Gasteiger partial charge in [-0.05, 0) is 77.8 Å². The number of hydrogen-bond acceptors (Lipinski definition) is 3. The van der Waals surface area contributed by atoms with Crippen LogP contribution in [0.15, 0.2) is 0 Å². The predicted molar refractivity (Wildman–Crippen MR) is 107 cm³/mol. The first kappa shape index (κ1) is 19.9. The highest BCUT2D eigenvalue weighted by molar-refractivity contribution is 5.74. The van der Waals surface area contributed by atoms with E-state index in [1.54, 1.807) is 0 Å². The smallest absolute Gasteiger partial charge is 0.317 e. The molecule has 1 saturated carbocycles. The molecule has 0 bridgehead atoms. The van der Waals surface area contributed by atoms with E-state index in [1.807, 2.05) is 11.9 Å². The number of likely N-dealkylation sites (tertiary alicyclic amines) is 2. The van der Waals surface area contributed by atoms with Crippen LogP contribution in [0.4, 0.5) is 4.79 Å². The Bertz CT molecular complexity index is 455. The Morgan fingerprint density at radius 2 is 1.62 bits per heavy atom. The van der Waals surface area contributed by atoms with Crippen LogP contribution >= 0.6 is 0 Å². The molecule has 2 unspecified atom stereocenters. The first-order chi connectivity index (χ1) is 12.5. The van der Waals surface area contributed by atoms with E-state index >= 15 is 0 Å². The van der Waals surface area contributed by atoms with Crippen molar-refractivity contribution in [3.8, 4) is 0 Å². The van der Waals surface area contributed by atoms with Crippen LogP contribution in [-0.2, 0) is 0 Å². The quantitative estimate of drug-likeness (QED) is 0.836. The van der Waals surface area contributed by atoms with E-state index in [4.69, 9.17) is 0 Å². The van der Waals surface area contributed by atoms with Crippen molar-refractivity contribution in [1.82, 2.24) is 20.0 Å². The summed E-state index contributed by atoms with van der Waals surface area (Å²) >= 11 is 0. The maximum absolute atomic E-state index is 12.8. The van der Waals surface area contributed by atoms with E-state index in [9.17, 15) is 4.79 Å². The minimum atomic E-state index is 0.127. The van der Waals surface area contributed by atoms with Gasteiger partial charge in [-0.2, -0.15) is 0 Å². The number of carbonyl (C=O) groups is 1. The highest BCUT2D eigenvalue weighted by Gasteiger charge is 2.32. The zero-order valence-electron chi connectivity index (χ0n) is 17.4. The van der Waals surface area contributed by atoms with E-state index in [2.05, 4.69) is 36.0 Å². The Balaban J connectivity index is 1.44. The number of likely N-dealkylation sites (N-methyl/N-ethyl adjacent to an activating group) is 1. The zero-order valence-corrected chi connectivity index (χ0v) is 17.4. The zero-order chi connectivity index (χ0) is 18.7. The molecule has 2 aliphatic heterocycles. The SMILES string of the molecule is CC1CCC(N2CCC(N(C)C(=O)NC3CCCN(C)C3C)CC2)CC1. The van der Waals surface area contributed by atoms with Gasteiger partial charge in [0, 0.05) is 44.3 Å². The summed E-state index contributed by atoms with van der Waals surface area (Å²) in [6, 6.07) is 2.03. The molecule has 2 amide bonds. The molecule has 5 nitrogen and oxygen atoms in total. The number of urea groups is 1. The van der Waals surface area contributed by atoms with Crippen molar-refractivity contribution in [1.29, 1.82) is 0 Å². The normalized spacial score (nSPS) is 35.2. The first-order valence-corrected chi connectivity index (χ1v) is 10.9. The van der Waals surface area contributed by atoms with Crippen LogP contribution in [0.1, 0.15) is 65.2 Å². The third kappa shape index (κ3) is 4.72. The van der Waals surface area contributed by atoms with E-state index in [1.165, 1.54) is 32.1 Å². The third-order valence-electron chi connectivity index (χ3n) is 7.48. The van der Waals surface area contributed by atoms with Crippen molar-refractivity contribution in [2.45, 2.75) is 89.4 Å². The molecular weight excluding hydrogens is 324 g/mol. The van der Waals surface area contributed by atoms with Crippen molar-refractivity contribution < 1.29 is 4.79 Å². The van der Waals surface area contributed by atoms with Crippen LogP contribution in [0.3, 0.4) is 0 Å². The van der Waals surface area contributed by atoms with Crippen LogP contribution in [0.2, 0.25) is 0 Å². The van der Waals surface area contributed by atoms with E-state index in [0.29, 0.717) is 12.1 Å². The van der Waals surface area contributed by atoms with E-state index in [-0.39, 0.29) is 12.1 Å². The van der Waals surface area contributed by atoms with Gasteiger partial charge in [-0.25, -0.2) is 4.79 Å². The number of amides is 2. The largest absolute Gasteiger partial charge is 0.334 e. The highest BCUT2D eigenvalue weighted by atomic mass is 16.2.